The van der Waals surface area contributed by atoms with Crippen LogP contribution >= 0.6 is 0 Å². The molecule has 5 aliphatic rings. The number of nitrogens with one attached hydrogen (secondary N) is 1. The van der Waals surface area contributed by atoms with Gasteiger partial charge in [0, 0.05) is 31.0 Å². The van der Waals surface area contributed by atoms with Crippen LogP contribution in [0, 0.1) is 23.2 Å². The molecule has 4 aliphatic carbocycles. The van der Waals surface area contributed by atoms with Crippen LogP contribution in [0.5, 0.6) is 0 Å². The molecule has 0 aromatic heterocycles. The third-order valence-electron chi connectivity index (χ3n) is 7.87. The molecular weight excluding hydrogens is 388 g/mol. The molecule has 0 spiro atoms. The minimum Gasteiger partial charge on any atom is -0.355 e. The second kappa shape index (κ2) is 8.20. The van der Waals surface area contributed by atoms with Crippen molar-refractivity contribution in [2.75, 3.05) is 24.6 Å². The summed E-state index contributed by atoms with van der Waals surface area (Å²) in [6.07, 6.45) is 9.65. The summed E-state index contributed by atoms with van der Waals surface area (Å²) in [6, 6.07) is -0.196. The fraction of sp³-hybridized carbons (Fsp3) is 0.909. The van der Waals surface area contributed by atoms with E-state index >= 15 is 0 Å². The Bertz CT molecular complexity index is 713. The third kappa shape index (κ3) is 4.49. The fourth-order valence-electron chi connectivity index (χ4n) is 6.86. The number of unbranched alkanes of at least 4 members (excludes halogenated alkanes) is 1. The van der Waals surface area contributed by atoms with Gasteiger partial charge < -0.3 is 10.2 Å². The number of carbonyl (C=O) groups is 2. The Morgan fingerprint density at radius 3 is 2.21 bits per heavy atom. The van der Waals surface area contributed by atoms with Gasteiger partial charge in [-0.25, -0.2) is 8.42 Å². The predicted molar refractivity (Wildman–Crippen MR) is 112 cm³/mol. The van der Waals surface area contributed by atoms with Gasteiger partial charge in [0.15, 0.2) is 9.84 Å². The molecular formula is C22H36N2O4S. The van der Waals surface area contributed by atoms with Gasteiger partial charge in [0.1, 0.15) is 0 Å². The summed E-state index contributed by atoms with van der Waals surface area (Å²) in [7, 11) is -3.02. The normalized spacial score (nSPS) is 36.9. The molecule has 0 radical (unpaired) electrons. The highest BCUT2D eigenvalue weighted by Gasteiger charge is 2.54. The van der Waals surface area contributed by atoms with Crippen LogP contribution in [-0.2, 0) is 19.4 Å². The number of amides is 2. The van der Waals surface area contributed by atoms with Crippen molar-refractivity contribution >= 4 is 21.7 Å². The van der Waals surface area contributed by atoms with Crippen LogP contribution in [-0.4, -0.2) is 55.8 Å². The molecule has 164 valence electrons. The second-order valence-corrected chi connectivity index (χ2v) is 12.4. The van der Waals surface area contributed by atoms with Crippen molar-refractivity contribution in [2.45, 2.75) is 77.2 Å². The van der Waals surface area contributed by atoms with Crippen LogP contribution in [0.15, 0.2) is 0 Å². The number of sulfone groups is 1. The van der Waals surface area contributed by atoms with Gasteiger partial charge in [0.25, 0.3) is 0 Å². The van der Waals surface area contributed by atoms with Gasteiger partial charge in [0.05, 0.1) is 11.5 Å². The molecule has 0 aromatic rings. The number of carbonyl (C=O) groups excluding carboxylic acids is 2. The summed E-state index contributed by atoms with van der Waals surface area (Å²) in [5.41, 5.74) is -0.181. The van der Waals surface area contributed by atoms with E-state index < -0.39 is 9.84 Å². The highest BCUT2D eigenvalue weighted by atomic mass is 32.2. The van der Waals surface area contributed by atoms with E-state index in [4.69, 9.17) is 0 Å². The van der Waals surface area contributed by atoms with Crippen molar-refractivity contribution in [3.8, 4) is 0 Å². The van der Waals surface area contributed by atoms with Crippen LogP contribution in [0.25, 0.3) is 0 Å². The first-order valence-electron chi connectivity index (χ1n) is 11.6. The van der Waals surface area contributed by atoms with Gasteiger partial charge in [-0.2, -0.15) is 0 Å². The Balaban J connectivity index is 1.30. The lowest BCUT2D eigenvalue weighted by atomic mass is 9.49. The third-order valence-corrected chi connectivity index (χ3v) is 9.62. The monoisotopic (exact) mass is 424 g/mol. The minimum atomic E-state index is -3.02. The van der Waals surface area contributed by atoms with Crippen LogP contribution in [0.1, 0.15) is 71.1 Å². The maximum absolute atomic E-state index is 13.0. The maximum Gasteiger partial charge on any atom is 0.226 e. The van der Waals surface area contributed by atoms with Crippen molar-refractivity contribution in [3.63, 3.8) is 0 Å². The molecule has 6 nitrogen and oxygen atoms in total. The molecule has 7 heteroatoms. The largest absolute Gasteiger partial charge is 0.355 e. The number of nitrogens with zero attached hydrogens (tertiary/aromatic N) is 1. The van der Waals surface area contributed by atoms with Crippen LogP contribution in [0.2, 0.25) is 0 Å². The summed E-state index contributed by atoms with van der Waals surface area (Å²) < 4.78 is 23.7. The zero-order valence-corrected chi connectivity index (χ0v) is 18.5. The molecule has 2 amide bonds. The van der Waals surface area contributed by atoms with Crippen molar-refractivity contribution in [3.05, 3.63) is 0 Å². The van der Waals surface area contributed by atoms with E-state index in [2.05, 4.69) is 12.2 Å². The summed E-state index contributed by atoms with van der Waals surface area (Å²) >= 11 is 0. The van der Waals surface area contributed by atoms with E-state index in [0.29, 0.717) is 19.5 Å². The van der Waals surface area contributed by atoms with Gasteiger partial charge in [0.2, 0.25) is 11.8 Å². The quantitative estimate of drug-likeness (QED) is 0.649. The van der Waals surface area contributed by atoms with Crippen LogP contribution < -0.4 is 5.32 Å². The van der Waals surface area contributed by atoms with Crippen molar-refractivity contribution in [1.82, 2.24) is 10.2 Å². The zero-order chi connectivity index (χ0) is 20.6. The Morgan fingerprint density at radius 1 is 1.07 bits per heavy atom. The summed E-state index contributed by atoms with van der Waals surface area (Å²) in [4.78, 5) is 27.7. The number of rotatable bonds is 8. The fourth-order valence-corrected chi connectivity index (χ4v) is 8.59. The average Bonchev–Trinajstić information content (AvgIpc) is 3.00. The minimum absolute atomic E-state index is 0.0219. The van der Waals surface area contributed by atoms with E-state index in [0.717, 1.165) is 49.9 Å². The van der Waals surface area contributed by atoms with Crippen molar-refractivity contribution in [1.29, 1.82) is 0 Å². The topological polar surface area (TPSA) is 83.6 Å². The Hall–Kier alpha value is -1.11. The molecule has 4 saturated carbocycles. The molecule has 1 saturated heterocycles. The Kier molecular flexibility index (Phi) is 5.97. The van der Waals surface area contributed by atoms with Gasteiger partial charge in [-0.05, 0) is 69.1 Å². The lowest BCUT2D eigenvalue weighted by molar-refractivity contribution is -0.146. The molecule has 1 atom stereocenters. The maximum atomic E-state index is 13.0. The van der Waals surface area contributed by atoms with Gasteiger partial charge in [-0.3, -0.25) is 9.59 Å². The molecule has 4 bridgehead atoms. The van der Waals surface area contributed by atoms with Crippen LogP contribution in [0.3, 0.4) is 0 Å². The lowest BCUT2D eigenvalue weighted by Gasteiger charge is -2.55. The highest BCUT2D eigenvalue weighted by Crippen LogP contribution is 2.60. The van der Waals surface area contributed by atoms with Gasteiger partial charge in [-0.1, -0.05) is 13.3 Å². The van der Waals surface area contributed by atoms with E-state index in [-0.39, 0.29) is 41.2 Å². The molecule has 29 heavy (non-hydrogen) atoms. The average molecular weight is 425 g/mol. The first kappa shape index (κ1) is 21.1. The molecule has 1 aliphatic heterocycles. The van der Waals surface area contributed by atoms with E-state index in [1.165, 1.54) is 19.3 Å². The molecule has 1 unspecified atom stereocenters. The Morgan fingerprint density at radius 2 is 1.69 bits per heavy atom. The van der Waals surface area contributed by atoms with Crippen molar-refractivity contribution < 1.29 is 18.0 Å². The predicted octanol–water partition coefficient (Wildman–Crippen LogP) is 2.52. The van der Waals surface area contributed by atoms with E-state index in [1.807, 2.05) is 0 Å². The van der Waals surface area contributed by atoms with Gasteiger partial charge >= 0.3 is 0 Å². The summed E-state index contributed by atoms with van der Waals surface area (Å²) in [5.74, 6) is 2.57. The number of hydrogen-bond acceptors (Lipinski definition) is 4. The molecule has 1 heterocycles. The standard InChI is InChI=1S/C22H36N2O4S/c1-2-3-7-24(19-5-8-29(27,28)15-19)20(25)4-6-23-21(26)22-12-16-9-17(13-22)11-18(10-16)14-22/h16-19H,2-15H2,1H3,(H,23,26). The number of hydrogen-bond donors (Lipinski definition) is 1. The Labute approximate surface area is 175 Å². The molecule has 0 aromatic carbocycles. The van der Waals surface area contributed by atoms with Crippen LogP contribution in [0.4, 0.5) is 0 Å². The lowest BCUT2D eigenvalue weighted by Crippen LogP contribution is -2.54. The first-order chi connectivity index (χ1) is 13.8. The molecule has 5 rings (SSSR count). The molecule has 5 fully saturated rings. The summed E-state index contributed by atoms with van der Waals surface area (Å²) in [6.45, 7) is 3.04. The molecule has 1 N–H and O–H groups in total. The van der Waals surface area contributed by atoms with E-state index in [1.54, 1.807) is 4.90 Å². The SMILES string of the molecule is CCCCN(C(=O)CCNC(=O)C12CC3CC(CC(C3)C1)C2)C1CCS(=O)(=O)C1. The first-order valence-corrected chi connectivity index (χ1v) is 13.4. The summed E-state index contributed by atoms with van der Waals surface area (Å²) in [5, 5.41) is 3.08. The highest BCUT2D eigenvalue weighted by molar-refractivity contribution is 7.91. The zero-order valence-electron chi connectivity index (χ0n) is 17.7. The van der Waals surface area contributed by atoms with Gasteiger partial charge in [-0.15, -0.1) is 0 Å². The van der Waals surface area contributed by atoms with E-state index in [9.17, 15) is 18.0 Å². The second-order valence-electron chi connectivity index (χ2n) is 10.2. The smallest absolute Gasteiger partial charge is 0.226 e. The van der Waals surface area contributed by atoms with Crippen molar-refractivity contribution in [2.24, 2.45) is 23.2 Å².